The number of ether oxygens (including phenoxy) is 1. The first-order chi connectivity index (χ1) is 13.2. The number of H-pyrrole nitrogens is 1. The molecule has 1 aliphatic heterocycles. The highest BCUT2D eigenvalue weighted by atomic mass is 79.9. The van der Waals surface area contributed by atoms with Gasteiger partial charge in [-0.25, -0.2) is 14.8 Å². The van der Waals surface area contributed by atoms with Gasteiger partial charge in [-0.3, -0.25) is 0 Å². The number of hydrogen-bond acceptors (Lipinski definition) is 5. The van der Waals surface area contributed by atoms with Gasteiger partial charge in [0, 0.05) is 28.9 Å². The van der Waals surface area contributed by atoms with E-state index < -0.39 is 5.60 Å². The van der Waals surface area contributed by atoms with Crippen LogP contribution in [0.5, 0.6) is 0 Å². The molecule has 1 aromatic carbocycles. The largest absolute Gasteiger partial charge is 0.444 e. The number of carbonyl (C=O) groups excluding carboxylic acids is 1. The molecule has 0 aliphatic carbocycles. The predicted molar refractivity (Wildman–Crippen MR) is 113 cm³/mol. The molecule has 1 saturated heterocycles. The maximum absolute atomic E-state index is 12.3. The molecule has 0 bridgehead atoms. The number of aromatic amines is 1. The average Bonchev–Trinajstić information content (AvgIpc) is 3.06. The summed E-state index contributed by atoms with van der Waals surface area (Å²) >= 11 is 3.48. The van der Waals surface area contributed by atoms with Crippen LogP contribution in [0.15, 0.2) is 22.7 Å². The zero-order valence-corrected chi connectivity index (χ0v) is 17.8. The summed E-state index contributed by atoms with van der Waals surface area (Å²) in [6.45, 7) is 6.95. The highest BCUT2D eigenvalue weighted by Crippen LogP contribution is 2.33. The lowest BCUT2D eigenvalue weighted by Crippen LogP contribution is -2.41. The number of hydrogen-bond donors (Lipinski definition) is 2. The number of rotatable bonds is 1. The number of amides is 1. The Morgan fingerprint density at radius 1 is 1.29 bits per heavy atom. The summed E-state index contributed by atoms with van der Waals surface area (Å²) in [5.74, 6) is 1.58. The summed E-state index contributed by atoms with van der Waals surface area (Å²) in [7, 11) is 0. The number of anilines is 1. The van der Waals surface area contributed by atoms with Gasteiger partial charge in [-0.05, 0) is 51.8 Å². The molecule has 4 rings (SSSR count). The number of nitrogens with two attached hydrogens (primary N) is 1. The van der Waals surface area contributed by atoms with Gasteiger partial charge in [0.05, 0.1) is 11.0 Å². The van der Waals surface area contributed by atoms with Gasteiger partial charge in [0.15, 0.2) is 5.82 Å². The van der Waals surface area contributed by atoms with Crippen molar-refractivity contribution in [2.45, 2.75) is 45.1 Å². The van der Waals surface area contributed by atoms with Crippen LogP contribution in [-0.2, 0) is 4.74 Å². The highest BCUT2D eigenvalue weighted by Gasteiger charge is 2.29. The van der Waals surface area contributed by atoms with E-state index in [1.165, 1.54) is 0 Å². The lowest BCUT2D eigenvalue weighted by molar-refractivity contribution is 0.0203. The van der Waals surface area contributed by atoms with Crippen molar-refractivity contribution in [3.8, 4) is 0 Å². The number of aromatic nitrogens is 3. The second kappa shape index (κ2) is 6.92. The van der Waals surface area contributed by atoms with Crippen LogP contribution in [0.25, 0.3) is 21.9 Å². The van der Waals surface area contributed by atoms with Crippen LogP contribution in [0.3, 0.4) is 0 Å². The molecular formula is C20H24BrN5O2. The second-order valence-corrected chi connectivity index (χ2v) is 9.16. The van der Waals surface area contributed by atoms with E-state index >= 15 is 0 Å². The van der Waals surface area contributed by atoms with Crippen LogP contribution >= 0.6 is 15.9 Å². The lowest BCUT2D eigenvalue weighted by atomic mass is 9.96. The van der Waals surface area contributed by atoms with E-state index in [4.69, 9.17) is 15.5 Å². The number of nitrogens with one attached hydrogen (secondary N) is 1. The van der Waals surface area contributed by atoms with Crippen molar-refractivity contribution in [2.75, 3.05) is 18.8 Å². The Hall–Kier alpha value is -2.35. The van der Waals surface area contributed by atoms with E-state index in [0.29, 0.717) is 24.4 Å². The van der Waals surface area contributed by atoms with E-state index in [0.717, 1.165) is 39.6 Å². The molecule has 2 aromatic heterocycles. The number of piperidine rings is 1. The van der Waals surface area contributed by atoms with Gasteiger partial charge in [0.2, 0.25) is 0 Å². The summed E-state index contributed by atoms with van der Waals surface area (Å²) in [5, 5.41) is 0.998. The summed E-state index contributed by atoms with van der Waals surface area (Å²) in [4.78, 5) is 26.7. The Bertz CT molecular complexity index is 1050. The van der Waals surface area contributed by atoms with Crippen LogP contribution in [0.1, 0.15) is 45.4 Å². The Morgan fingerprint density at radius 2 is 2.00 bits per heavy atom. The van der Waals surface area contributed by atoms with E-state index in [2.05, 4.69) is 25.9 Å². The van der Waals surface area contributed by atoms with E-state index in [1.54, 1.807) is 4.90 Å². The number of fused-ring (bicyclic) bond motifs is 3. The number of nitrogen functional groups attached to an aromatic ring is 1. The third kappa shape index (κ3) is 3.65. The molecule has 3 N–H and O–H groups in total. The standard InChI is InChI=1S/C20H24BrN5O2/c1-20(2,3)28-19(27)26-8-6-11(7-9-26)18-24-15-13-5-4-12(21)10-14(13)23-17(22)16(15)25-18/h4-5,10-11H,6-9H2,1-3H3,(H2,22,23)(H,24,25). The minimum Gasteiger partial charge on any atom is -0.444 e. The van der Waals surface area contributed by atoms with Gasteiger partial charge < -0.3 is 20.4 Å². The van der Waals surface area contributed by atoms with Gasteiger partial charge in [0.1, 0.15) is 16.9 Å². The fraction of sp³-hybridized carbons (Fsp3) is 0.450. The third-order valence-corrected chi connectivity index (χ3v) is 5.46. The van der Waals surface area contributed by atoms with Gasteiger partial charge in [-0.15, -0.1) is 0 Å². The maximum Gasteiger partial charge on any atom is 0.410 e. The molecule has 148 valence electrons. The fourth-order valence-corrected chi connectivity index (χ4v) is 3.97. The number of pyridine rings is 1. The van der Waals surface area contributed by atoms with Gasteiger partial charge in [0.25, 0.3) is 0 Å². The Kier molecular flexibility index (Phi) is 4.69. The molecule has 7 nitrogen and oxygen atoms in total. The molecule has 3 aromatic rings. The maximum atomic E-state index is 12.3. The van der Waals surface area contributed by atoms with E-state index in [9.17, 15) is 4.79 Å². The second-order valence-electron chi connectivity index (χ2n) is 8.25. The van der Waals surface area contributed by atoms with Crippen molar-refractivity contribution < 1.29 is 9.53 Å². The van der Waals surface area contributed by atoms with Crippen LogP contribution in [-0.4, -0.2) is 44.6 Å². The van der Waals surface area contributed by atoms with Crippen molar-refractivity contribution in [1.29, 1.82) is 0 Å². The molecular weight excluding hydrogens is 422 g/mol. The number of nitrogens with zero attached hydrogens (tertiary/aromatic N) is 3. The minimum absolute atomic E-state index is 0.246. The van der Waals surface area contributed by atoms with Crippen molar-refractivity contribution in [3.63, 3.8) is 0 Å². The molecule has 1 amide bonds. The summed E-state index contributed by atoms with van der Waals surface area (Å²) in [6, 6.07) is 5.95. The summed E-state index contributed by atoms with van der Waals surface area (Å²) in [5.41, 5.74) is 8.13. The molecule has 28 heavy (non-hydrogen) atoms. The average molecular weight is 446 g/mol. The number of carbonyl (C=O) groups is 1. The molecule has 0 spiro atoms. The van der Waals surface area contributed by atoms with Crippen LogP contribution in [0, 0.1) is 0 Å². The fourth-order valence-electron chi connectivity index (χ4n) is 3.62. The minimum atomic E-state index is -0.479. The quantitative estimate of drug-likeness (QED) is 0.571. The Morgan fingerprint density at radius 3 is 2.68 bits per heavy atom. The van der Waals surface area contributed by atoms with E-state index in [-0.39, 0.29) is 12.0 Å². The predicted octanol–water partition coefficient (Wildman–Crippen LogP) is 4.57. The first-order valence-electron chi connectivity index (χ1n) is 9.43. The molecule has 8 heteroatoms. The van der Waals surface area contributed by atoms with Crippen LogP contribution in [0.2, 0.25) is 0 Å². The SMILES string of the molecule is CC(C)(C)OC(=O)N1CCC(c2nc3c(N)nc4cc(Br)ccc4c3[nH]2)CC1. The Balaban J connectivity index is 1.57. The van der Waals surface area contributed by atoms with Crippen LogP contribution < -0.4 is 5.73 Å². The van der Waals surface area contributed by atoms with E-state index in [1.807, 2.05) is 39.0 Å². The molecule has 0 atom stereocenters. The van der Waals surface area contributed by atoms with Crippen molar-refractivity contribution >= 4 is 49.8 Å². The monoisotopic (exact) mass is 445 g/mol. The van der Waals surface area contributed by atoms with Gasteiger partial charge in [-0.1, -0.05) is 15.9 Å². The number of imidazole rings is 1. The molecule has 0 unspecified atom stereocenters. The summed E-state index contributed by atoms with van der Waals surface area (Å²) < 4.78 is 6.43. The lowest BCUT2D eigenvalue weighted by Gasteiger charge is -2.32. The molecule has 0 radical (unpaired) electrons. The zero-order valence-electron chi connectivity index (χ0n) is 16.3. The highest BCUT2D eigenvalue weighted by molar-refractivity contribution is 9.10. The van der Waals surface area contributed by atoms with Crippen molar-refractivity contribution in [3.05, 3.63) is 28.5 Å². The van der Waals surface area contributed by atoms with Crippen LogP contribution in [0.4, 0.5) is 10.6 Å². The topological polar surface area (TPSA) is 97.1 Å². The molecule has 1 aliphatic rings. The third-order valence-electron chi connectivity index (χ3n) is 4.97. The molecule has 1 fully saturated rings. The molecule has 3 heterocycles. The van der Waals surface area contributed by atoms with Gasteiger partial charge in [-0.2, -0.15) is 0 Å². The number of likely N-dealkylation sites (tertiary alicyclic amines) is 1. The number of benzene rings is 1. The van der Waals surface area contributed by atoms with Crippen molar-refractivity contribution in [2.24, 2.45) is 0 Å². The first-order valence-corrected chi connectivity index (χ1v) is 10.2. The van der Waals surface area contributed by atoms with Crippen molar-refractivity contribution in [1.82, 2.24) is 19.9 Å². The molecule has 0 saturated carbocycles. The normalized spacial score (nSPS) is 16.1. The number of halogens is 1. The van der Waals surface area contributed by atoms with Gasteiger partial charge >= 0.3 is 6.09 Å². The zero-order chi connectivity index (χ0) is 20.1. The summed E-state index contributed by atoms with van der Waals surface area (Å²) in [6.07, 6.45) is 1.41. The smallest absolute Gasteiger partial charge is 0.410 e. The Labute approximate surface area is 171 Å². The first kappa shape index (κ1) is 19.0.